The van der Waals surface area contributed by atoms with E-state index in [1.54, 1.807) is 48.5 Å². The van der Waals surface area contributed by atoms with Gasteiger partial charge in [-0.3, -0.25) is 9.52 Å². The van der Waals surface area contributed by atoms with Crippen LogP contribution in [0.15, 0.2) is 53.4 Å². The predicted molar refractivity (Wildman–Crippen MR) is 96.5 cm³/mol. The molecule has 1 amide bonds. The Labute approximate surface area is 143 Å². The van der Waals surface area contributed by atoms with E-state index in [-0.39, 0.29) is 16.7 Å². The molecule has 2 rings (SSSR count). The lowest BCUT2D eigenvalue weighted by atomic mass is 10.1. The average Bonchev–Trinajstić information content (AvgIpc) is 2.56. The van der Waals surface area contributed by atoms with E-state index in [1.165, 1.54) is 0 Å². The highest BCUT2D eigenvalue weighted by atomic mass is 32.2. The fraction of sp³-hybridized carbons (Fsp3) is 0.278. The van der Waals surface area contributed by atoms with Crippen molar-refractivity contribution in [1.82, 2.24) is 0 Å². The molecule has 5 nitrogen and oxygen atoms in total. The Morgan fingerprint density at radius 1 is 1.04 bits per heavy atom. The number of carbonyl (C=O) groups is 1. The molecule has 1 unspecified atom stereocenters. The number of hydrogen-bond acceptors (Lipinski definition) is 3. The van der Waals surface area contributed by atoms with Gasteiger partial charge in [0.15, 0.2) is 0 Å². The first-order valence-corrected chi connectivity index (χ1v) is 9.31. The first-order chi connectivity index (χ1) is 11.3. The molecule has 1 atom stereocenters. The minimum Gasteiger partial charge on any atom is -0.324 e. The Balaban J connectivity index is 2.26. The number of amides is 1. The summed E-state index contributed by atoms with van der Waals surface area (Å²) < 4.78 is 27.6. The summed E-state index contributed by atoms with van der Waals surface area (Å²) in [5, 5.41) is 2.78. The molecular weight excluding hydrogens is 324 g/mol. The lowest BCUT2D eigenvalue weighted by Gasteiger charge is -2.15. The standard InChI is InChI=1S/C18H22N2O3S/c1-4-14(3)18(21)19-16-7-5-6-8-17(16)20-24(22,23)15-11-9-13(2)10-12-15/h5-12,14,20H,4H2,1-3H3,(H,19,21). The average molecular weight is 346 g/mol. The number of sulfonamides is 1. The third-order valence-electron chi connectivity index (χ3n) is 3.82. The van der Waals surface area contributed by atoms with Crippen LogP contribution in [0.2, 0.25) is 0 Å². The maximum atomic E-state index is 12.5. The topological polar surface area (TPSA) is 75.3 Å². The van der Waals surface area contributed by atoms with Crippen molar-refractivity contribution in [3.63, 3.8) is 0 Å². The van der Waals surface area contributed by atoms with Crippen LogP contribution in [-0.4, -0.2) is 14.3 Å². The molecule has 2 aromatic rings. The molecule has 6 heteroatoms. The highest BCUT2D eigenvalue weighted by molar-refractivity contribution is 7.92. The van der Waals surface area contributed by atoms with Gasteiger partial charge in [0.25, 0.3) is 10.0 Å². The molecule has 0 saturated carbocycles. The summed E-state index contributed by atoms with van der Waals surface area (Å²) in [6.45, 7) is 5.65. The maximum Gasteiger partial charge on any atom is 0.261 e. The number of hydrogen-bond donors (Lipinski definition) is 2. The van der Waals surface area contributed by atoms with Crippen molar-refractivity contribution in [2.75, 3.05) is 10.0 Å². The van der Waals surface area contributed by atoms with Gasteiger partial charge < -0.3 is 5.32 Å². The van der Waals surface area contributed by atoms with Gasteiger partial charge in [0.1, 0.15) is 0 Å². The van der Waals surface area contributed by atoms with Crippen LogP contribution in [0.3, 0.4) is 0 Å². The molecule has 0 aliphatic rings. The fourth-order valence-electron chi connectivity index (χ4n) is 2.04. The van der Waals surface area contributed by atoms with Crippen molar-refractivity contribution in [2.45, 2.75) is 32.1 Å². The Hall–Kier alpha value is -2.34. The summed E-state index contributed by atoms with van der Waals surface area (Å²) in [5.74, 6) is -0.286. The molecule has 2 N–H and O–H groups in total. The molecule has 0 aromatic heterocycles. The quantitative estimate of drug-likeness (QED) is 0.836. The van der Waals surface area contributed by atoms with Gasteiger partial charge in [-0.2, -0.15) is 0 Å². The van der Waals surface area contributed by atoms with Gasteiger partial charge in [0.05, 0.1) is 16.3 Å². The normalized spacial score (nSPS) is 12.5. The van der Waals surface area contributed by atoms with E-state index in [1.807, 2.05) is 20.8 Å². The Kier molecular flexibility index (Phi) is 5.62. The second-order valence-electron chi connectivity index (χ2n) is 5.76. The number of nitrogens with one attached hydrogen (secondary N) is 2. The number of anilines is 2. The molecule has 2 aromatic carbocycles. The van der Waals surface area contributed by atoms with Gasteiger partial charge >= 0.3 is 0 Å². The Bertz CT molecular complexity index is 814. The van der Waals surface area contributed by atoms with E-state index >= 15 is 0 Å². The van der Waals surface area contributed by atoms with Gasteiger partial charge in [-0.25, -0.2) is 8.42 Å². The van der Waals surface area contributed by atoms with E-state index in [0.717, 1.165) is 5.56 Å². The smallest absolute Gasteiger partial charge is 0.261 e. The SMILES string of the molecule is CCC(C)C(=O)Nc1ccccc1NS(=O)(=O)c1ccc(C)cc1. The van der Waals surface area contributed by atoms with Crippen LogP contribution < -0.4 is 10.0 Å². The van der Waals surface area contributed by atoms with Crippen molar-refractivity contribution in [3.8, 4) is 0 Å². The van der Waals surface area contributed by atoms with Crippen molar-refractivity contribution in [3.05, 3.63) is 54.1 Å². The van der Waals surface area contributed by atoms with Gasteiger partial charge in [0, 0.05) is 5.92 Å². The van der Waals surface area contributed by atoms with Gasteiger partial charge in [0.2, 0.25) is 5.91 Å². The summed E-state index contributed by atoms with van der Waals surface area (Å²) in [6.07, 6.45) is 0.711. The monoisotopic (exact) mass is 346 g/mol. The summed E-state index contributed by atoms with van der Waals surface area (Å²) in [4.78, 5) is 12.3. The van der Waals surface area contributed by atoms with E-state index < -0.39 is 10.0 Å². The first kappa shape index (κ1) is 18.0. The number of carbonyl (C=O) groups excluding carboxylic acids is 1. The van der Waals surface area contributed by atoms with Crippen molar-refractivity contribution in [1.29, 1.82) is 0 Å². The highest BCUT2D eigenvalue weighted by Gasteiger charge is 2.17. The molecule has 0 saturated heterocycles. The van der Waals surface area contributed by atoms with Gasteiger partial charge in [-0.05, 0) is 37.6 Å². The highest BCUT2D eigenvalue weighted by Crippen LogP contribution is 2.25. The molecule has 0 radical (unpaired) electrons. The number of aryl methyl sites for hydroxylation is 1. The zero-order valence-electron chi connectivity index (χ0n) is 14.0. The third-order valence-corrected chi connectivity index (χ3v) is 5.20. The zero-order valence-corrected chi connectivity index (χ0v) is 14.9. The van der Waals surface area contributed by atoms with Crippen LogP contribution in [-0.2, 0) is 14.8 Å². The summed E-state index contributed by atoms with van der Waals surface area (Å²) in [6, 6.07) is 13.3. The summed E-state index contributed by atoms with van der Waals surface area (Å²) >= 11 is 0. The van der Waals surface area contributed by atoms with Crippen LogP contribution in [0.25, 0.3) is 0 Å². The molecular formula is C18H22N2O3S. The summed E-state index contributed by atoms with van der Waals surface area (Å²) in [5.41, 5.74) is 1.77. The van der Waals surface area contributed by atoms with Crippen LogP contribution in [0.1, 0.15) is 25.8 Å². The molecule has 0 spiro atoms. The van der Waals surface area contributed by atoms with E-state index in [0.29, 0.717) is 17.8 Å². The molecule has 128 valence electrons. The number of benzene rings is 2. The second kappa shape index (κ2) is 7.49. The van der Waals surface area contributed by atoms with Crippen LogP contribution in [0.4, 0.5) is 11.4 Å². The van der Waals surface area contributed by atoms with Crippen molar-refractivity contribution < 1.29 is 13.2 Å². The fourth-order valence-corrected chi connectivity index (χ4v) is 3.12. The largest absolute Gasteiger partial charge is 0.324 e. The third kappa shape index (κ3) is 4.35. The first-order valence-electron chi connectivity index (χ1n) is 7.83. The molecule has 0 aliphatic carbocycles. The van der Waals surface area contributed by atoms with Crippen LogP contribution in [0, 0.1) is 12.8 Å². The van der Waals surface area contributed by atoms with Crippen molar-refractivity contribution >= 4 is 27.3 Å². The number of para-hydroxylation sites is 2. The summed E-state index contributed by atoms with van der Waals surface area (Å²) in [7, 11) is -3.72. The molecule has 0 heterocycles. The van der Waals surface area contributed by atoms with E-state index in [9.17, 15) is 13.2 Å². The Morgan fingerprint density at radius 3 is 2.21 bits per heavy atom. The van der Waals surface area contributed by atoms with Crippen LogP contribution >= 0.6 is 0 Å². The van der Waals surface area contributed by atoms with E-state index in [4.69, 9.17) is 0 Å². The minimum absolute atomic E-state index is 0.139. The second-order valence-corrected chi connectivity index (χ2v) is 7.45. The molecule has 24 heavy (non-hydrogen) atoms. The predicted octanol–water partition coefficient (Wildman–Crippen LogP) is 3.78. The van der Waals surface area contributed by atoms with Crippen molar-refractivity contribution in [2.24, 2.45) is 5.92 Å². The Morgan fingerprint density at radius 2 is 1.62 bits per heavy atom. The maximum absolute atomic E-state index is 12.5. The molecule has 0 aliphatic heterocycles. The lowest BCUT2D eigenvalue weighted by Crippen LogP contribution is -2.21. The zero-order chi connectivity index (χ0) is 17.7. The van der Waals surface area contributed by atoms with E-state index in [2.05, 4.69) is 10.0 Å². The minimum atomic E-state index is -3.72. The lowest BCUT2D eigenvalue weighted by molar-refractivity contribution is -0.119. The molecule has 0 fully saturated rings. The number of rotatable bonds is 6. The van der Waals surface area contributed by atoms with Crippen LogP contribution in [0.5, 0.6) is 0 Å². The molecule has 0 bridgehead atoms. The van der Waals surface area contributed by atoms with Gasteiger partial charge in [-0.1, -0.05) is 43.7 Å². The van der Waals surface area contributed by atoms with Gasteiger partial charge in [-0.15, -0.1) is 0 Å².